The van der Waals surface area contributed by atoms with Crippen molar-refractivity contribution in [2.24, 2.45) is 11.5 Å². The van der Waals surface area contributed by atoms with Crippen LogP contribution in [0.1, 0.15) is 36.8 Å². The van der Waals surface area contributed by atoms with Crippen molar-refractivity contribution in [3.63, 3.8) is 0 Å². The van der Waals surface area contributed by atoms with E-state index in [1.54, 1.807) is 24.7 Å². The zero-order chi connectivity index (χ0) is 40.1. The Morgan fingerprint density at radius 3 is 1.79 bits per heavy atom. The first kappa shape index (κ1) is 39.3. The Hall–Kier alpha value is -5.93. The quantitative estimate of drug-likeness (QED) is 0.113. The van der Waals surface area contributed by atoms with Gasteiger partial charge in [-0.1, -0.05) is 23.2 Å². The third-order valence-corrected chi connectivity index (χ3v) is 10.2. The van der Waals surface area contributed by atoms with Gasteiger partial charge in [0.2, 0.25) is 11.8 Å². The van der Waals surface area contributed by atoms with Gasteiger partial charge < -0.3 is 32.1 Å². The fourth-order valence-electron chi connectivity index (χ4n) is 7.21. The molecule has 294 valence electrons. The molecule has 57 heavy (non-hydrogen) atoms. The molecule has 8 N–H and O–H groups in total. The maximum absolute atomic E-state index is 11.2. The molecule has 2 aliphatic heterocycles. The maximum atomic E-state index is 11.2. The number of nitrogens with zero attached hydrogens (tertiary/aromatic N) is 9. The highest BCUT2D eigenvalue weighted by atomic mass is 35.5. The van der Waals surface area contributed by atoms with Gasteiger partial charge in [-0.05, 0) is 57.8 Å². The number of carbonyl (C=O) groups is 2. The lowest BCUT2D eigenvalue weighted by Gasteiger charge is -2.32. The smallest absolute Gasteiger partial charge is 0.231 e. The van der Waals surface area contributed by atoms with Gasteiger partial charge in [0, 0.05) is 83.6 Å². The predicted molar refractivity (Wildman–Crippen MR) is 218 cm³/mol. The number of amides is 2. The molecule has 8 rings (SSSR count). The van der Waals surface area contributed by atoms with Crippen molar-refractivity contribution < 1.29 is 9.59 Å². The second kappa shape index (κ2) is 17.5. The number of halogens is 2. The van der Waals surface area contributed by atoms with Gasteiger partial charge in [0.15, 0.2) is 11.6 Å². The minimum absolute atomic E-state index is 0.0528. The van der Waals surface area contributed by atoms with Crippen molar-refractivity contribution in [3.05, 3.63) is 70.5 Å². The van der Waals surface area contributed by atoms with E-state index in [0.29, 0.717) is 45.3 Å². The summed E-state index contributed by atoms with van der Waals surface area (Å²) in [4.78, 5) is 59.5. The number of primary amides is 2. The number of hydrogen-bond donors (Lipinski definition) is 6. The van der Waals surface area contributed by atoms with Crippen LogP contribution >= 0.6 is 23.2 Å². The van der Waals surface area contributed by atoms with Gasteiger partial charge in [-0.25, -0.2) is 29.9 Å². The van der Waals surface area contributed by atoms with Gasteiger partial charge in [0.1, 0.15) is 34.6 Å². The third-order valence-electron chi connectivity index (χ3n) is 9.81. The monoisotopic (exact) mass is 809 g/mol. The number of H-pyrrole nitrogens is 2. The minimum atomic E-state index is -0.348. The molecule has 0 bridgehead atoms. The second-order valence-corrected chi connectivity index (χ2v) is 15.0. The number of nitriles is 1. The van der Waals surface area contributed by atoms with Crippen LogP contribution in [0.5, 0.6) is 0 Å². The number of aryl methyl sites for hydroxylation is 1. The summed E-state index contributed by atoms with van der Waals surface area (Å²) in [5.41, 5.74) is 15.0. The van der Waals surface area contributed by atoms with Gasteiger partial charge in [-0.15, -0.1) is 0 Å². The van der Waals surface area contributed by atoms with Crippen molar-refractivity contribution in [2.45, 2.75) is 44.7 Å². The van der Waals surface area contributed by atoms with Gasteiger partial charge in [-0.3, -0.25) is 19.4 Å². The first-order chi connectivity index (χ1) is 27.5. The van der Waals surface area contributed by atoms with Gasteiger partial charge in [0.05, 0.1) is 29.3 Å². The molecule has 0 aromatic carbocycles. The van der Waals surface area contributed by atoms with Crippen molar-refractivity contribution >= 4 is 68.7 Å². The Balaban J connectivity index is 0.000000174. The van der Waals surface area contributed by atoms with Crippen LogP contribution in [0.2, 0.25) is 10.0 Å². The molecule has 17 nitrogen and oxygen atoms in total. The highest BCUT2D eigenvalue weighted by Crippen LogP contribution is 2.30. The number of piperidine rings is 2. The second-order valence-electron chi connectivity index (χ2n) is 14.2. The average molecular weight is 811 g/mol. The van der Waals surface area contributed by atoms with E-state index in [9.17, 15) is 14.9 Å². The summed E-state index contributed by atoms with van der Waals surface area (Å²) in [6.45, 7) is 5.61. The molecule has 2 amide bonds. The van der Waals surface area contributed by atoms with Gasteiger partial charge >= 0.3 is 0 Å². The number of nitrogens with two attached hydrogens (primary N) is 2. The SMILES string of the molecule is Cc1cnc(-c2c[nH]c3ncc(Cl)cc23)nc1NC1CCCN(CC(N)=O)C1.N#Cc1cnc(-c2c[nH]c3ncc(Cl)cc23)nc1NC1CCCN(CC(N)=O)C1. The largest absolute Gasteiger partial charge is 0.369 e. The van der Waals surface area contributed by atoms with Crippen LogP contribution < -0.4 is 22.1 Å². The predicted octanol–water partition coefficient (Wildman–Crippen LogP) is 4.25. The van der Waals surface area contributed by atoms with Gasteiger partial charge in [-0.2, -0.15) is 5.26 Å². The molecule has 0 spiro atoms. The Kier molecular flexibility index (Phi) is 12.0. The van der Waals surface area contributed by atoms with Crippen LogP contribution in [-0.2, 0) is 9.59 Å². The molecule has 8 heterocycles. The lowest BCUT2D eigenvalue weighted by Crippen LogP contribution is -2.45. The molecule has 19 heteroatoms. The molecule has 0 aliphatic carbocycles. The number of aromatic amines is 2. The lowest BCUT2D eigenvalue weighted by molar-refractivity contribution is -0.120. The van der Waals surface area contributed by atoms with E-state index in [-0.39, 0.29) is 37.0 Å². The van der Waals surface area contributed by atoms with Crippen molar-refractivity contribution in [1.29, 1.82) is 5.26 Å². The number of rotatable bonds is 10. The minimum Gasteiger partial charge on any atom is -0.369 e. The molecule has 2 unspecified atom stereocenters. The van der Waals surface area contributed by atoms with E-state index in [1.165, 1.54) is 6.20 Å². The molecule has 2 fully saturated rings. The number of fused-ring (bicyclic) bond motifs is 2. The summed E-state index contributed by atoms with van der Waals surface area (Å²) < 4.78 is 0. The number of anilines is 2. The van der Waals surface area contributed by atoms with Crippen LogP contribution in [0.15, 0.2) is 49.3 Å². The molecule has 2 atom stereocenters. The van der Waals surface area contributed by atoms with E-state index in [0.717, 1.165) is 84.2 Å². The molecule has 6 aromatic heterocycles. The summed E-state index contributed by atoms with van der Waals surface area (Å²) >= 11 is 12.2. The number of nitrogens with one attached hydrogen (secondary N) is 4. The fourth-order valence-corrected chi connectivity index (χ4v) is 7.52. The maximum Gasteiger partial charge on any atom is 0.231 e. The van der Waals surface area contributed by atoms with E-state index in [1.807, 2.05) is 30.3 Å². The Bertz CT molecular complexity index is 2460. The number of pyridine rings is 2. The molecule has 0 radical (unpaired) electrons. The van der Waals surface area contributed by atoms with Crippen LogP contribution in [0, 0.1) is 18.3 Å². The molecule has 6 aromatic rings. The molecule has 2 saturated heterocycles. The number of carbonyl (C=O) groups excluding carboxylic acids is 2. The van der Waals surface area contributed by atoms with E-state index < -0.39 is 0 Å². The number of aromatic nitrogens is 8. The molecule has 0 saturated carbocycles. The normalized spacial score (nSPS) is 17.4. The summed E-state index contributed by atoms with van der Waals surface area (Å²) in [6, 6.07) is 6.04. The van der Waals surface area contributed by atoms with Crippen LogP contribution in [0.3, 0.4) is 0 Å². The molecular formula is C38H41Cl2N15O2. The highest BCUT2D eigenvalue weighted by molar-refractivity contribution is 6.31. The Morgan fingerprint density at radius 2 is 1.28 bits per heavy atom. The number of hydrogen-bond acceptors (Lipinski definition) is 13. The van der Waals surface area contributed by atoms with Crippen LogP contribution in [-0.4, -0.2) is 113 Å². The highest BCUT2D eigenvalue weighted by Gasteiger charge is 2.24. The Labute approximate surface area is 337 Å². The van der Waals surface area contributed by atoms with Crippen molar-refractivity contribution in [2.75, 3.05) is 49.9 Å². The first-order valence-corrected chi connectivity index (χ1v) is 19.2. The first-order valence-electron chi connectivity index (χ1n) is 18.4. The third kappa shape index (κ3) is 9.55. The van der Waals surface area contributed by atoms with E-state index in [2.05, 4.69) is 56.5 Å². The van der Waals surface area contributed by atoms with E-state index >= 15 is 0 Å². The molecule has 2 aliphatic rings. The fraction of sp³-hybridized carbons (Fsp3) is 0.342. The van der Waals surface area contributed by atoms with Crippen LogP contribution in [0.4, 0.5) is 11.6 Å². The standard InChI is InChI=1S/C19H19ClN8O.C19H22ClN7O/c20-12-4-14-15(8-25-18(14)24-7-12)19-23-6-11(5-21)17(27-19)26-13-2-1-3-28(9-13)10-16(22)29;1-11-6-22-19(15-8-24-18-14(15)5-12(20)7-23-18)26-17(11)25-13-3-2-4-27(9-13)10-16(21)28/h4,6-8,13H,1-3,9-10H2,(H2,22,29)(H,24,25)(H,23,26,27);5-8,13H,2-4,9-10H2,1H3,(H2,21,28)(H,23,24)(H,22,25,26). The van der Waals surface area contributed by atoms with Crippen molar-refractivity contribution in [1.82, 2.24) is 49.7 Å². The lowest BCUT2D eigenvalue weighted by atomic mass is 10.1. The topological polar surface area (TPSA) is 249 Å². The zero-order valence-electron chi connectivity index (χ0n) is 31.1. The van der Waals surface area contributed by atoms with Crippen LogP contribution in [0.25, 0.3) is 44.8 Å². The molecular weight excluding hydrogens is 769 g/mol. The summed E-state index contributed by atoms with van der Waals surface area (Å²) in [5, 5.41) is 19.1. The Morgan fingerprint density at radius 1 is 0.789 bits per heavy atom. The summed E-state index contributed by atoms with van der Waals surface area (Å²) in [6.07, 6.45) is 14.0. The number of likely N-dealkylation sites (tertiary alicyclic amines) is 2. The summed E-state index contributed by atoms with van der Waals surface area (Å²) in [5.74, 6) is 1.68. The zero-order valence-corrected chi connectivity index (χ0v) is 32.6. The van der Waals surface area contributed by atoms with Crippen molar-refractivity contribution in [3.8, 4) is 28.8 Å². The van der Waals surface area contributed by atoms with E-state index in [4.69, 9.17) is 39.7 Å². The van der Waals surface area contributed by atoms with Gasteiger partial charge in [0.25, 0.3) is 0 Å². The average Bonchev–Trinajstić information content (AvgIpc) is 3.80. The summed E-state index contributed by atoms with van der Waals surface area (Å²) in [7, 11) is 0.